The lowest BCUT2D eigenvalue weighted by atomic mass is 10.1. The largest absolute Gasteiger partial charge is 0.375 e. The topological polar surface area (TPSA) is 80.0 Å². The number of benzene rings is 2. The first-order chi connectivity index (χ1) is 12.1. The van der Waals surface area contributed by atoms with Crippen molar-refractivity contribution in [2.45, 2.75) is 6.42 Å². The van der Waals surface area contributed by atoms with Crippen molar-refractivity contribution < 1.29 is 9.18 Å². The van der Waals surface area contributed by atoms with Gasteiger partial charge in [-0.05, 0) is 36.2 Å². The van der Waals surface area contributed by atoms with E-state index in [-0.39, 0.29) is 11.8 Å². The Morgan fingerprint density at radius 3 is 2.48 bits per heavy atom. The number of urea groups is 1. The molecule has 3 rings (SSSR count). The number of nitrogens with one attached hydrogen (secondary N) is 2. The lowest BCUT2D eigenvalue weighted by Crippen LogP contribution is -2.30. The summed E-state index contributed by atoms with van der Waals surface area (Å²) in [6.45, 7) is 0.466. The molecule has 0 saturated carbocycles. The molecule has 4 N–H and O–H groups in total. The molecule has 0 aliphatic heterocycles. The number of hydrogen-bond donors (Lipinski definition) is 3. The molecule has 0 saturated heterocycles. The number of rotatable bonds is 5. The molecule has 25 heavy (non-hydrogen) atoms. The Kier molecular flexibility index (Phi) is 5.25. The van der Waals surface area contributed by atoms with Crippen LogP contribution in [0.3, 0.4) is 0 Å². The number of nitrogen functional groups attached to an aromatic ring is 1. The smallest absolute Gasteiger partial charge is 0.319 e. The van der Waals surface area contributed by atoms with E-state index in [1.165, 1.54) is 23.5 Å². The van der Waals surface area contributed by atoms with Crippen molar-refractivity contribution in [2.75, 3.05) is 17.6 Å². The fourth-order valence-corrected chi connectivity index (χ4v) is 2.86. The van der Waals surface area contributed by atoms with Crippen molar-refractivity contribution >= 4 is 28.2 Å². The van der Waals surface area contributed by atoms with Gasteiger partial charge in [0.15, 0.2) is 5.13 Å². The number of carbonyl (C=O) groups is 1. The number of carbonyl (C=O) groups excluding carboxylic acids is 1. The van der Waals surface area contributed by atoms with Gasteiger partial charge in [0, 0.05) is 23.2 Å². The van der Waals surface area contributed by atoms with E-state index >= 15 is 0 Å². The van der Waals surface area contributed by atoms with E-state index in [4.69, 9.17) is 5.73 Å². The van der Waals surface area contributed by atoms with Crippen molar-refractivity contribution in [3.05, 3.63) is 65.3 Å². The lowest BCUT2D eigenvalue weighted by Gasteiger charge is -2.08. The van der Waals surface area contributed by atoms with E-state index in [1.807, 2.05) is 29.6 Å². The molecule has 128 valence electrons. The van der Waals surface area contributed by atoms with E-state index < -0.39 is 0 Å². The number of amides is 2. The molecule has 1 aromatic heterocycles. The Bertz CT molecular complexity index is 846. The number of halogens is 1. The zero-order valence-electron chi connectivity index (χ0n) is 13.3. The second-order valence-corrected chi connectivity index (χ2v) is 6.30. The average Bonchev–Trinajstić information content (AvgIpc) is 3.04. The van der Waals surface area contributed by atoms with Crippen LogP contribution in [-0.4, -0.2) is 17.6 Å². The van der Waals surface area contributed by atoms with Gasteiger partial charge in [-0.3, -0.25) is 0 Å². The lowest BCUT2D eigenvalue weighted by molar-refractivity contribution is 0.252. The van der Waals surface area contributed by atoms with Gasteiger partial charge in [-0.1, -0.05) is 24.3 Å². The van der Waals surface area contributed by atoms with Crippen molar-refractivity contribution in [1.82, 2.24) is 10.3 Å². The van der Waals surface area contributed by atoms with Gasteiger partial charge in [0.05, 0.1) is 5.69 Å². The van der Waals surface area contributed by atoms with E-state index in [1.54, 1.807) is 12.1 Å². The first-order valence-corrected chi connectivity index (χ1v) is 8.59. The first-order valence-electron chi connectivity index (χ1n) is 7.71. The molecular weight excluding hydrogens is 339 g/mol. The number of thiazole rings is 1. The maximum absolute atomic E-state index is 12.8. The van der Waals surface area contributed by atoms with Crippen LogP contribution in [0.1, 0.15) is 5.56 Å². The number of nitrogens with two attached hydrogens (primary N) is 1. The van der Waals surface area contributed by atoms with Gasteiger partial charge in [-0.25, -0.2) is 14.2 Å². The molecule has 2 aromatic carbocycles. The predicted molar refractivity (Wildman–Crippen MR) is 99.1 cm³/mol. The van der Waals surface area contributed by atoms with Crippen LogP contribution in [0.2, 0.25) is 0 Å². The van der Waals surface area contributed by atoms with Gasteiger partial charge in [0.25, 0.3) is 0 Å². The number of aromatic nitrogens is 1. The third-order valence-corrected chi connectivity index (χ3v) is 4.25. The van der Waals surface area contributed by atoms with Gasteiger partial charge in [-0.15, -0.1) is 11.3 Å². The number of nitrogens with zero attached hydrogens (tertiary/aromatic N) is 1. The predicted octanol–water partition coefficient (Wildman–Crippen LogP) is 3.90. The molecule has 0 bridgehead atoms. The molecule has 5 nitrogen and oxygen atoms in total. The zero-order valence-corrected chi connectivity index (χ0v) is 14.1. The second kappa shape index (κ2) is 7.76. The maximum atomic E-state index is 12.8. The van der Waals surface area contributed by atoms with E-state index in [0.29, 0.717) is 23.8 Å². The summed E-state index contributed by atoms with van der Waals surface area (Å²) in [5, 5.41) is 7.96. The summed E-state index contributed by atoms with van der Waals surface area (Å²) in [5.74, 6) is -0.266. The van der Waals surface area contributed by atoms with Crippen LogP contribution in [0, 0.1) is 5.82 Å². The van der Waals surface area contributed by atoms with Crippen LogP contribution < -0.4 is 16.4 Å². The molecule has 1 heterocycles. The molecule has 0 aliphatic carbocycles. The minimum Gasteiger partial charge on any atom is -0.375 e. The van der Waals surface area contributed by atoms with Crippen molar-refractivity contribution in [1.29, 1.82) is 0 Å². The normalized spacial score (nSPS) is 10.4. The number of anilines is 2. The Morgan fingerprint density at radius 2 is 1.84 bits per heavy atom. The fraction of sp³-hybridized carbons (Fsp3) is 0.111. The van der Waals surface area contributed by atoms with E-state index in [0.717, 1.165) is 16.8 Å². The quantitative estimate of drug-likeness (QED) is 0.649. The summed E-state index contributed by atoms with van der Waals surface area (Å²) < 4.78 is 12.8. The minimum atomic E-state index is -0.284. The Balaban J connectivity index is 1.48. The van der Waals surface area contributed by atoms with Crippen LogP contribution in [-0.2, 0) is 6.42 Å². The highest BCUT2D eigenvalue weighted by Gasteiger charge is 2.05. The van der Waals surface area contributed by atoms with E-state index in [9.17, 15) is 9.18 Å². The number of hydrogen-bond acceptors (Lipinski definition) is 4. The van der Waals surface area contributed by atoms with Crippen LogP contribution in [0.25, 0.3) is 11.3 Å². The van der Waals surface area contributed by atoms with Gasteiger partial charge >= 0.3 is 6.03 Å². The standard InChI is InChI=1S/C18H17FN4OS/c19-14-5-1-12(2-6-14)9-10-21-18(24)22-15-7-3-13(4-8-15)16-11-25-17(20)23-16/h1-8,11H,9-10H2,(H2,20,23)(H2,21,22,24). The molecule has 0 spiro atoms. The van der Waals surface area contributed by atoms with Gasteiger partial charge < -0.3 is 16.4 Å². The monoisotopic (exact) mass is 356 g/mol. The summed E-state index contributed by atoms with van der Waals surface area (Å²) in [4.78, 5) is 16.1. The molecular formula is C18H17FN4OS. The summed E-state index contributed by atoms with van der Waals surface area (Å²) in [6, 6.07) is 13.3. The van der Waals surface area contributed by atoms with Crippen molar-refractivity contribution in [3.8, 4) is 11.3 Å². The van der Waals surface area contributed by atoms with Gasteiger partial charge in [-0.2, -0.15) is 0 Å². The summed E-state index contributed by atoms with van der Waals surface area (Å²) >= 11 is 1.39. The maximum Gasteiger partial charge on any atom is 0.319 e. The zero-order chi connectivity index (χ0) is 17.6. The van der Waals surface area contributed by atoms with Crippen LogP contribution >= 0.6 is 11.3 Å². The summed E-state index contributed by atoms with van der Waals surface area (Å²) in [6.07, 6.45) is 0.637. The Labute approximate surface area is 148 Å². The third-order valence-electron chi connectivity index (χ3n) is 3.57. The summed E-state index contributed by atoms with van der Waals surface area (Å²) in [5.41, 5.74) is 9.04. The van der Waals surface area contributed by atoms with Gasteiger partial charge in [0.2, 0.25) is 0 Å². The highest BCUT2D eigenvalue weighted by atomic mass is 32.1. The van der Waals surface area contributed by atoms with Crippen LogP contribution in [0.5, 0.6) is 0 Å². The summed E-state index contributed by atoms with van der Waals surface area (Å²) in [7, 11) is 0. The van der Waals surface area contributed by atoms with E-state index in [2.05, 4.69) is 15.6 Å². The van der Waals surface area contributed by atoms with Crippen molar-refractivity contribution in [3.63, 3.8) is 0 Å². The highest BCUT2D eigenvalue weighted by molar-refractivity contribution is 7.13. The SMILES string of the molecule is Nc1nc(-c2ccc(NC(=O)NCCc3ccc(F)cc3)cc2)cs1. The molecule has 7 heteroatoms. The Hall–Kier alpha value is -2.93. The Morgan fingerprint density at radius 1 is 1.12 bits per heavy atom. The molecule has 0 fully saturated rings. The second-order valence-electron chi connectivity index (χ2n) is 5.41. The third kappa shape index (κ3) is 4.77. The molecule has 3 aromatic rings. The van der Waals surface area contributed by atoms with Crippen LogP contribution in [0.4, 0.5) is 20.0 Å². The van der Waals surface area contributed by atoms with Crippen molar-refractivity contribution in [2.24, 2.45) is 0 Å². The molecule has 0 unspecified atom stereocenters. The fourth-order valence-electron chi connectivity index (χ4n) is 2.29. The first kappa shape index (κ1) is 16.9. The average molecular weight is 356 g/mol. The molecule has 0 aliphatic rings. The highest BCUT2D eigenvalue weighted by Crippen LogP contribution is 2.24. The molecule has 2 amide bonds. The minimum absolute atomic E-state index is 0.266. The van der Waals surface area contributed by atoms with Crippen LogP contribution in [0.15, 0.2) is 53.9 Å². The van der Waals surface area contributed by atoms with Gasteiger partial charge in [0.1, 0.15) is 5.82 Å². The molecule has 0 radical (unpaired) electrons. The molecule has 0 atom stereocenters.